The normalized spacial score (nSPS) is 10.4. The Morgan fingerprint density at radius 3 is 1.94 bits per heavy atom. The van der Waals surface area contributed by atoms with Crippen LogP contribution in [0.5, 0.6) is 0 Å². The summed E-state index contributed by atoms with van der Waals surface area (Å²) in [7, 11) is 0. The lowest BCUT2D eigenvalue weighted by molar-refractivity contribution is 0.843. The van der Waals surface area contributed by atoms with Crippen LogP contribution in [0.15, 0.2) is 24.3 Å². The summed E-state index contributed by atoms with van der Waals surface area (Å²) in [5.74, 6) is 2.41. The van der Waals surface area contributed by atoms with Crippen LogP contribution in [0.3, 0.4) is 0 Å². The summed E-state index contributed by atoms with van der Waals surface area (Å²) in [5.41, 5.74) is 2.50. The first kappa shape index (κ1) is 10.7. The first-order valence-electron chi connectivity index (χ1n) is 5.37. The molecule has 0 aliphatic rings. The van der Waals surface area contributed by atoms with Crippen LogP contribution in [0.1, 0.15) is 28.6 Å². The van der Waals surface area contributed by atoms with Crippen molar-refractivity contribution in [1.82, 2.24) is 15.0 Å². The molecule has 0 fully saturated rings. The average molecular weight is 213 g/mol. The molecular formula is C13H15N3. The molecule has 1 aromatic heterocycles. The molecule has 0 N–H and O–H groups in total. The second-order valence-corrected chi connectivity index (χ2v) is 4.01. The van der Waals surface area contributed by atoms with Gasteiger partial charge in [-0.2, -0.15) is 0 Å². The van der Waals surface area contributed by atoms with Crippen molar-refractivity contribution >= 4 is 0 Å². The Labute approximate surface area is 95.6 Å². The molecule has 82 valence electrons. The molecule has 2 rings (SSSR count). The van der Waals surface area contributed by atoms with Gasteiger partial charge in [0, 0.05) is 6.42 Å². The Kier molecular flexibility index (Phi) is 2.95. The highest BCUT2D eigenvalue weighted by Gasteiger charge is 2.02. The maximum Gasteiger partial charge on any atom is 0.136 e. The number of aryl methyl sites for hydroxylation is 3. The van der Waals surface area contributed by atoms with Gasteiger partial charge in [-0.25, -0.2) is 15.0 Å². The van der Waals surface area contributed by atoms with Gasteiger partial charge in [0.05, 0.1) is 0 Å². The molecule has 1 aromatic carbocycles. The number of nitrogens with zero attached hydrogens (tertiary/aromatic N) is 3. The Hall–Kier alpha value is -1.77. The van der Waals surface area contributed by atoms with Gasteiger partial charge in [0.2, 0.25) is 0 Å². The number of aromatic nitrogens is 3. The molecule has 0 radical (unpaired) electrons. The smallest absolute Gasteiger partial charge is 0.136 e. The minimum atomic E-state index is 0.768. The largest absolute Gasteiger partial charge is 0.219 e. The second-order valence-electron chi connectivity index (χ2n) is 4.01. The number of benzene rings is 1. The van der Waals surface area contributed by atoms with Crippen molar-refractivity contribution in [3.63, 3.8) is 0 Å². The lowest BCUT2D eigenvalue weighted by Crippen LogP contribution is -2.03. The van der Waals surface area contributed by atoms with E-state index in [0.717, 1.165) is 23.9 Å². The average Bonchev–Trinajstić information content (AvgIpc) is 2.20. The van der Waals surface area contributed by atoms with Gasteiger partial charge in [-0.1, -0.05) is 29.8 Å². The Balaban J connectivity index is 2.23. The van der Waals surface area contributed by atoms with E-state index in [1.54, 1.807) is 0 Å². The fraction of sp³-hybridized carbons (Fsp3) is 0.308. The van der Waals surface area contributed by atoms with Crippen molar-refractivity contribution in [2.24, 2.45) is 0 Å². The summed E-state index contributed by atoms with van der Waals surface area (Å²) in [4.78, 5) is 12.8. The predicted octanol–water partition coefficient (Wildman–Crippen LogP) is 2.39. The van der Waals surface area contributed by atoms with Crippen LogP contribution < -0.4 is 0 Å². The van der Waals surface area contributed by atoms with Crippen LogP contribution in [0.25, 0.3) is 0 Å². The summed E-state index contributed by atoms with van der Waals surface area (Å²) >= 11 is 0. The summed E-state index contributed by atoms with van der Waals surface area (Å²) < 4.78 is 0. The number of hydrogen-bond donors (Lipinski definition) is 0. The molecule has 2 aromatic rings. The minimum absolute atomic E-state index is 0.768. The Morgan fingerprint density at radius 2 is 1.38 bits per heavy atom. The van der Waals surface area contributed by atoms with Crippen LogP contribution in [-0.2, 0) is 6.42 Å². The van der Waals surface area contributed by atoms with E-state index in [9.17, 15) is 0 Å². The quantitative estimate of drug-likeness (QED) is 0.768. The third-order valence-electron chi connectivity index (χ3n) is 2.39. The summed E-state index contributed by atoms with van der Waals surface area (Å²) in [6, 6.07) is 8.44. The lowest BCUT2D eigenvalue weighted by Gasteiger charge is -2.03. The van der Waals surface area contributed by atoms with Gasteiger partial charge in [0.25, 0.3) is 0 Å². The molecule has 3 heteroatoms. The molecule has 1 heterocycles. The molecule has 0 aliphatic heterocycles. The summed E-state index contributed by atoms with van der Waals surface area (Å²) in [6.45, 7) is 5.88. The van der Waals surface area contributed by atoms with Gasteiger partial charge in [-0.15, -0.1) is 0 Å². The van der Waals surface area contributed by atoms with Crippen molar-refractivity contribution in [3.8, 4) is 0 Å². The van der Waals surface area contributed by atoms with Crippen molar-refractivity contribution in [1.29, 1.82) is 0 Å². The van der Waals surface area contributed by atoms with Crippen LogP contribution >= 0.6 is 0 Å². The highest BCUT2D eigenvalue weighted by atomic mass is 15.0. The molecule has 0 atom stereocenters. The maximum absolute atomic E-state index is 4.33. The van der Waals surface area contributed by atoms with Gasteiger partial charge >= 0.3 is 0 Å². The molecule has 0 unspecified atom stereocenters. The maximum atomic E-state index is 4.33. The van der Waals surface area contributed by atoms with Gasteiger partial charge in [0.15, 0.2) is 0 Å². The first-order valence-corrected chi connectivity index (χ1v) is 5.37. The topological polar surface area (TPSA) is 38.7 Å². The highest BCUT2D eigenvalue weighted by Crippen LogP contribution is 2.07. The van der Waals surface area contributed by atoms with Crippen molar-refractivity contribution < 1.29 is 0 Å². The van der Waals surface area contributed by atoms with Crippen LogP contribution in [-0.4, -0.2) is 15.0 Å². The molecule has 0 saturated heterocycles. The van der Waals surface area contributed by atoms with E-state index in [2.05, 4.69) is 46.1 Å². The highest BCUT2D eigenvalue weighted by molar-refractivity contribution is 5.23. The third-order valence-corrected chi connectivity index (χ3v) is 2.39. The van der Waals surface area contributed by atoms with Gasteiger partial charge in [-0.3, -0.25) is 0 Å². The molecule has 0 bridgehead atoms. The number of hydrogen-bond acceptors (Lipinski definition) is 3. The lowest BCUT2D eigenvalue weighted by atomic mass is 10.1. The van der Waals surface area contributed by atoms with Gasteiger partial charge in [0.1, 0.15) is 17.5 Å². The fourth-order valence-electron chi connectivity index (χ4n) is 1.65. The monoisotopic (exact) mass is 213 g/mol. The molecular weight excluding hydrogens is 198 g/mol. The van der Waals surface area contributed by atoms with E-state index in [0.29, 0.717) is 0 Å². The molecule has 0 saturated carbocycles. The summed E-state index contributed by atoms with van der Waals surface area (Å²) in [6.07, 6.45) is 0.768. The van der Waals surface area contributed by atoms with E-state index in [1.165, 1.54) is 11.1 Å². The van der Waals surface area contributed by atoms with E-state index >= 15 is 0 Å². The SMILES string of the molecule is Cc1ccc(Cc2nc(C)nc(C)n2)cc1. The minimum Gasteiger partial charge on any atom is -0.219 e. The summed E-state index contributed by atoms with van der Waals surface area (Å²) in [5, 5.41) is 0. The van der Waals surface area contributed by atoms with E-state index in [1.807, 2.05) is 13.8 Å². The molecule has 16 heavy (non-hydrogen) atoms. The number of rotatable bonds is 2. The third kappa shape index (κ3) is 2.63. The predicted molar refractivity (Wildman–Crippen MR) is 63.3 cm³/mol. The fourth-order valence-corrected chi connectivity index (χ4v) is 1.65. The molecule has 0 aliphatic carbocycles. The zero-order valence-corrected chi connectivity index (χ0v) is 9.86. The van der Waals surface area contributed by atoms with E-state index < -0.39 is 0 Å². The van der Waals surface area contributed by atoms with Crippen molar-refractivity contribution in [2.45, 2.75) is 27.2 Å². The molecule has 0 spiro atoms. The Bertz CT molecular complexity index is 469. The zero-order chi connectivity index (χ0) is 11.5. The van der Waals surface area contributed by atoms with Crippen molar-refractivity contribution in [2.75, 3.05) is 0 Å². The molecule has 0 amide bonds. The van der Waals surface area contributed by atoms with Crippen LogP contribution in [0, 0.1) is 20.8 Å². The van der Waals surface area contributed by atoms with E-state index in [4.69, 9.17) is 0 Å². The van der Waals surface area contributed by atoms with Crippen molar-refractivity contribution in [3.05, 3.63) is 52.9 Å². The van der Waals surface area contributed by atoms with E-state index in [-0.39, 0.29) is 0 Å². The van der Waals surface area contributed by atoms with Crippen LogP contribution in [0.4, 0.5) is 0 Å². The second kappa shape index (κ2) is 4.39. The van der Waals surface area contributed by atoms with Gasteiger partial charge in [-0.05, 0) is 26.3 Å². The van der Waals surface area contributed by atoms with Crippen LogP contribution in [0.2, 0.25) is 0 Å². The van der Waals surface area contributed by atoms with Gasteiger partial charge < -0.3 is 0 Å². The standard InChI is InChI=1S/C13H15N3/c1-9-4-6-12(7-5-9)8-13-15-10(2)14-11(3)16-13/h4-7H,8H2,1-3H3. The zero-order valence-electron chi connectivity index (χ0n) is 9.86. The Morgan fingerprint density at radius 1 is 0.812 bits per heavy atom. The molecule has 3 nitrogen and oxygen atoms in total. The first-order chi connectivity index (χ1) is 7.63.